The van der Waals surface area contributed by atoms with Crippen molar-refractivity contribution in [3.63, 3.8) is 0 Å². The molecule has 1 saturated heterocycles. The highest BCUT2D eigenvalue weighted by Crippen LogP contribution is 2.21. The smallest absolute Gasteiger partial charge is 0.221 e. The molecule has 0 aliphatic carbocycles. The molecule has 3 N–H and O–H groups in total. The Kier molecular flexibility index (Phi) is 4.50. The van der Waals surface area contributed by atoms with Gasteiger partial charge in [0.2, 0.25) is 5.91 Å². The van der Waals surface area contributed by atoms with Crippen LogP contribution in [0.2, 0.25) is 0 Å². The minimum atomic E-state index is -0.281. The third-order valence-electron chi connectivity index (χ3n) is 2.88. The maximum absolute atomic E-state index is 10.8. The third kappa shape index (κ3) is 3.44. The van der Waals surface area contributed by atoms with Crippen LogP contribution < -0.4 is 11.1 Å². The zero-order valence-electron chi connectivity index (χ0n) is 9.41. The second kappa shape index (κ2) is 5.44. The standard InChI is InChI=1S/C10H20N2O3/c1-8(9(11)13)5-12-6-10(14-2)3-4-15-7-10/h8,12H,3-7H2,1-2H3,(H2,11,13). The fraction of sp³-hybridized carbons (Fsp3) is 0.900. The van der Waals surface area contributed by atoms with E-state index in [1.165, 1.54) is 0 Å². The summed E-state index contributed by atoms with van der Waals surface area (Å²) in [5.41, 5.74) is 4.94. The number of hydrogen-bond donors (Lipinski definition) is 2. The van der Waals surface area contributed by atoms with E-state index in [9.17, 15) is 4.79 Å². The van der Waals surface area contributed by atoms with Gasteiger partial charge in [0, 0.05) is 39.1 Å². The summed E-state index contributed by atoms with van der Waals surface area (Å²) in [6.07, 6.45) is 0.890. The maximum atomic E-state index is 10.8. The van der Waals surface area contributed by atoms with Gasteiger partial charge in [0.25, 0.3) is 0 Å². The van der Waals surface area contributed by atoms with Crippen LogP contribution in [0.3, 0.4) is 0 Å². The van der Waals surface area contributed by atoms with Crippen molar-refractivity contribution in [1.82, 2.24) is 5.32 Å². The molecule has 1 fully saturated rings. The van der Waals surface area contributed by atoms with Gasteiger partial charge < -0.3 is 20.5 Å². The molecule has 5 nitrogen and oxygen atoms in total. The van der Waals surface area contributed by atoms with Crippen molar-refractivity contribution in [2.24, 2.45) is 11.7 Å². The summed E-state index contributed by atoms with van der Waals surface area (Å²) in [7, 11) is 1.69. The Bertz CT molecular complexity index is 215. The lowest BCUT2D eigenvalue weighted by Crippen LogP contribution is -2.45. The number of hydrogen-bond acceptors (Lipinski definition) is 4. The molecule has 15 heavy (non-hydrogen) atoms. The van der Waals surface area contributed by atoms with E-state index in [2.05, 4.69) is 5.32 Å². The molecular formula is C10H20N2O3. The van der Waals surface area contributed by atoms with Crippen LogP contribution >= 0.6 is 0 Å². The highest BCUT2D eigenvalue weighted by atomic mass is 16.5. The molecule has 1 amide bonds. The Morgan fingerprint density at radius 2 is 2.47 bits per heavy atom. The number of amides is 1. The maximum Gasteiger partial charge on any atom is 0.221 e. The van der Waals surface area contributed by atoms with Crippen molar-refractivity contribution in [2.75, 3.05) is 33.4 Å². The van der Waals surface area contributed by atoms with Crippen LogP contribution in [0.4, 0.5) is 0 Å². The Balaban J connectivity index is 2.26. The number of ether oxygens (including phenoxy) is 2. The Morgan fingerprint density at radius 1 is 1.73 bits per heavy atom. The van der Waals surface area contributed by atoms with Crippen LogP contribution in [0.1, 0.15) is 13.3 Å². The van der Waals surface area contributed by atoms with Gasteiger partial charge in [0.15, 0.2) is 0 Å². The molecule has 0 bridgehead atoms. The predicted molar refractivity (Wildman–Crippen MR) is 56.4 cm³/mol. The normalized spacial score (nSPS) is 27.9. The van der Waals surface area contributed by atoms with Gasteiger partial charge in [-0.2, -0.15) is 0 Å². The molecule has 88 valence electrons. The fourth-order valence-corrected chi connectivity index (χ4v) is 1.58. The monoisotopic (exact) mass is 216 g/mol. The summed E-state index contributed by atoms with van der Waals surface area (Å²) in [5, 5.41) is 3.19. The molecule has 1 aliphatic rings. The van der Waals surface area contributed by atoms with E-state index in [-0.39, 0.29) is 17.4 Å². The predicted octanol–water partition coefficient (Wildman–Crippen LogP) is -0.497. The molecule has 0 saturated carbocycles. The number of nitrogens with one attached hydrogen (secondary N) is 1. The van der Waals surface area contributed by atoms with Gasteiger partial charge in [0.05, 0.1) is 6.61 Å². The van der Waals surface area contributed by atoms with Crippen LogP contribution in [0.15, 0.2) is 0 Å². The highest BCUT2D eigenvalue weighted by molar-refractivity contribution is 5.76. The number of nitrogens with two attached hydrogens (primary N) is 1. The molecule has 0 radical (unpaired) electrons. The first kappa shape index (κ1) is 12.4. The summed E-state index contributed by atoms with van der Waals surface area (Å²) in [6, 6.07) is 0. The first-order chi connectivity index (χ1) is 7.09. The quantitative estimate of drug-likeness (QED) is 0.628. The first-order valence-corrected chi connectivity index (χ1v) is 5.22. The van der Waals surface area contributed by atoms with E-state index >= 15 is 0 Å². The van der Waals surface area contributed by atoms with Gasteiger partial charge in [-0.3, -0.25) is 4.79 Å². The average molecular weight is 216 g/mol. The van der Waals surface area contributed by atoms with E-state index < -0.39 is 0 Å². The van der Waals surface area contributed by atoms with Crippen LogP contribution in [-0.2, 0) is 14.3 Å². The highest BCUT2D eigenvalue weighted by Gasteiger charge is 2.34. The van der Waals surface area contributed by atoms with Crippen molar-refractivity contribution >= 4 is 5.91 Å². The Morgan fingerprint density at radius 3 is 2.93 bits per heavy atom. The second-order valence-electron chi connectivity index (χ2n) is 4.12. The molecular weight excluding hydrogens is 196 g/mol. The lowest BCUT2D eigenvalue weighted by molar-refractivity contribution is -0.121. The van der Waals surface area contributed by atoms with Gasteiger partial charge >= 0.3 is 0 Å². The summed E-state index contributed by atoms with van der Waals surface area (Å²) in [5.74, 6) is -0.433. The van der Waals surface area contributed by atoms with Crippen LogP contribution in [0.25, 0.3) is 0 Å². The zero-order chi connectivity index (χ0) is 11.3. The molecule has 1 rings (SSSR count). The van der Waals surface area contributed by atoms with Crippen molar-refractivity contribution in [1.29, 1.82) is 0 Å². The number of rotatable bonds is 6. The topological polar surface area (TPSA) is 73.6 Å². The summed E-state index contributed by atoms with van der Waals surface area (Å²) >= 11 is 0. The van der Waals surface area contributed by atoms with Gasteiger partial charge in [-0.25, -0.2) is 0 Å². The van der Waals surface area contributed by atoms with Crippen molar-refractivity contribution in [3.05, 3.63) is 0 Å². The Hall–Kier alpha value is -0.650. The number of carbonyl (C=O) groups excluding carboxylic acids is 1. The van der Waals surface area contributed by atoms with E-state index in [0.29, 0.717) is 19.7 Å². The molecule has 0 spiro atoms. The van der Waals surface area contributed by atoms with E-state index in [1.54, 1.807) is 14.0 Å². The second-order valence-corrected chi connectivity index (χ2v) is 4.12. The third-order valence-corrected chi connectivity index (χ3v) is 2.88. The van der Waals surface area contributed by atoms with Crippen LogP contribution in [0.5, 0.6) is 0 Å². The molecule has 1 aliphatic heterocycles. The van der Waals surface area contributed by atoms with Crippen LogP contribution in [-0.4, -0.2) is 44.9 Å². The molecule has 0 aromatic rings. The lowest BCUT2D eigenvalue weighted by Gasteiger charge is -2.26. The van der Waals surface area contributed by atoms with Gasteiger partial charge in [-0.1, -0.05) is 6.92 Å². The van der Waals surface area contributed by atoms with Crippen LogP contribution in [0, 0.1) is 5.92 Å². The minimum absolute atomic E-state index is 0.152. The summed E-state index contributed by atoms with van der Waals surface area (Å²) < 4.78 is 10.7. The molecule has 5 heteroatoms. The van der Waals surface area contributed by atoms with Crippen molar-refractivity contribution < 1.29 is 14.3 Å². The molecule has 1 heterocycles. The van der Waals surface area contributed by atoms with E-state index in [0.717, 1.165) is 13.0 Å². The number of methoxy groups -OCH3 is 1. The van der Waals surface area contributed by atoms with Crippen molar-refractivity contribution in [2.45, 2.75) is 18.9 Å². The molecule has 2 atom stereocenters. The van der Waals surface area contributed by atoms with Crippen molar-refractivity contribution in [3.8, 4) is 0 Å². The van der Waals surface area contributed by atoms with Gasteiger partial charge in [0.1, 0.15) is 5.60 Å². The largest absolute Gasteiger partial charge is 0.378 e. The molecule has 2 unspecified atom stereocenters. The average Bonchev–Trinajstić information content (AvgIpc) is 2.67. The minimum Gasteiger partial charge on any atom is -0.378 e. The molecule has 0 aromatic carbocycles. The fourth-order valence-electron chi connectivity index (χ4n) is 1.58. The van der Waals surface area contributed by atoms with Gasteiger partial charge in [-0.15, -0.1) is 0 Å². The SMILES string of the molecule is COC1(CNCC(C)C(N)=O)CCOC1. The zero-order valence-corrected chi connectivity index (χ0v) is 9.41. The van der Waals surface area contributed by atoms with Gasteiger partial charge in [-0.05, 0) is 0 Å². The summed E-state index contributed by atoms with van der Waals surface area (Å²) in [6.45, 7) is 4.43. The molecule has 0 aromatic heterocycles. The van der Waals surface area contributed by atoms with E-state index in [4.69, 9.17) is 15.2 Å². The Labute approximate surface area is 90.3 Å². The number of carbonyl (C=O) groups is 1. The lowest BCUT2D eigenvalue weighted by atomic mass is 10.0. The number of primary amides is 1. The van der Waals surface area contributed by atoms with E-state index in [1.807, 2.05) is 0 Å². The summed E-state index contributed by atoms with van der Waals surface area (Å²) in [4.78, 5) is 10.8. The first-order valence-electron chi connectivity index (χ1n) is 5.22.